The highest BCUT2D eigenvalue weighted by Gasteiger charge is 2.55. The average Bonchev–Trinajstić information content (AvgIpc) is 3.03. The molecule has 0 radical (unpaired) electrons. The fourth-order valence-corrected chi connectivity index (χ4v) is 2.43. The van der Waals surface area contributed by atoms with Crippen molar-refractivity contribution in [2.24, 2.45) is 0 Å². The molecule has 0 bridgehead atoms. The molecule has 0 saturated carbocycles. The van der Waals surface area contributed by atoms with Crippen LogP contribution in [0.1, 0.15) is 0 Å². The Labute approximate surface area is 119 Å². The summed E-state index contributed by atoms with van der Waals surface area (Å²) in [6.45, 7) is -0.495. The number of aromatic nitrogens is 4. The van der Waals surface area contributed by atoms with Crippen LogP contribution in [-0.4, -0.2) is 59.8 Å². The molecular formula is C12H13N5O4. The minimum Gasteiger partial charge on any atom is -0.394 e. The Morgan fingerprint density at radius 3 is 2.81 bits per heavy atom. The molecule has 0 amide bonds. The number of imidazole rings is 1. The van der Waals surface area contributed by atoms with Crippen molar-refractivity contribution >= 4 is 17.0 Å². The lowest BCUT2D eigenvalue weighted by atomic mass is 10.0. The molecule has 0 spiro atoms. The van der Waals surface area contributed by atoms with E-state index in [0.29, 0.717) is 5.52 Å². The van der Waals surface area contributed by atoms with Crippen LogP contribution in [-0.2, 0) is 10.5 Å². The summed E-state index contributed by atoms with van der Waals surface area (Å²) in [6, 6.07) is 0. The molecule has 3 heterocycles. The zero-order valence-electron chi connectivity index (χ0n) is 10.8. The zero-order chi connectivity index (χ0) is 15.2. The minimum atomic E-state index is -1.73. The van der Waals surface area contributed by atoms with Crippen LogP contribution < -0.4 is 5.73 Å². The summed E-state index contributed by atoms with van der Waals surface area (Å²) in [4.78, 5) is 11.9. The number of aliphatic hydroxyl groups excluding tert-OH is 3. The third-order valence-electron chi connectivity index (χ3n) is 3.54. The van der Waals surface area contributed by atoms with Gasteiger partial charge in [-0.3, -0.25) is 4.57 Å². The van der Waals surface area contributed by atoms with E-state index >= 15 is 0 Å². The van der Waals surface area contributed by atoms with Gasteiger partial charge >= 0.3 is 0 Å². The standard InChI is InChI=1S/C12H13N5O4/c1-2-12(9(20)8(19)6(3-18)21-12)17-5-16-7-10(13)14-4-15-11(7)17/h1,4-6,8-9,18-20H,3H2,(H2,13,14,15)/t6-,8-,9-,12-/m1/s1. The van der Waals surface area contributed by atoms with Gasteiger partial charge in [-0.05, 0) is 5.92 Å². The Hall–Kier alpha value is -2.25. The first-order valence-corrected chi connectivity index (χ1v) is 6.11. The predicted octanol–water partition coefficient (Wildman–Crippen LogP) is -2.19. The maximum absolute atomic E-state index is 10.3. The fourth-order valence-electron chi connectivity index (χ4n) is 2.43. The Morgan fingerprint density at radius 1 is 1.43 bits per heavy atom. The number of anilines is 1. The molecule has 9 nitrogen and oxygen atoms in total. The van der Waals surface area contributed by atoms with Crippen molar-refractivity contribution in [3.63, 3.8) is 0 Å². The topological polar surface area (TPSA) is 140 Å². The number of hydrogen-bond donors (Lipinski definition) is 4. The lowest BCUT2D eigenvalue weighted by molar-refractivity contribution is -0.103. The Balaban J connectivity index is 2.20. The molecule has 1 aliphatic rings. The smallest absolute Gasteiger partial charge is 0.240 e. The zero-order valence-corrected chi connectivity index (χ0v) is 10.8. The third kappa shape index (κ3) is 1.71. The van der Waals surface area contributed by atoms with Crippen molar-refractivity contribution in [2.75, 3.05) is 12.3 Å². The lowest BCUT2D eigenvalue weighted by Gasteiger charge is -2.27. The van der Waals surface area contributed by atoms with E-state index in [1.165, 1.54) is 17.2 Å². The van der Waals surface area contributed by atoms with Crippen LogP contribution in [0.15, 0.2) is 12.7 Å². The van der Waals surface area contributed by atoms with E-state index in [1.807, 2.05) is 0 Å². The van der Waals surface area contributed by atoms with Crippen LogP contribution in [0.5, 0.6) is 0 Å². The van der Waals surface area contributed by atoms with Crippen molar-refractivity contribution in [3.05, 3.63) is 12.7 Å². The van der Waals surface area contributed by atoms with Crippen molar-refractivity contribution in [1.29, 1.82) is 0 Å². The number of nitrogen functional groups attached to an aromatic ring is 1. The maximum atomic E-state index is 10.3. The van der Waals surface area contributed by atoms with Gasteiger partial charge in [0.25, 0.3) is 0 Å². The largest absolute Gasteiger partial charge is 0.394 e. The van der Waals surface area contributed by atoms with E-state index in [1.54, 1.807) is 0 Å². The molecule has 2 aromatic rings. The predicted molar refractivity (Wildman–Crippen MR) is 70.5 cm³/mol. The molecular weight excluding hydrogens is 278 g/mol. The Kier molecular flexibility index (Phi) is 3.03. The fraction of sp³-hybridized carbons (Fsp3) is 0.417. The molecule has 2 aromatic heterocycles. The van der Waals surface area contributed by atoms with E-state index in [0.717, 1.165) is 0 Å². The number of nitrogens with zero attached hydrogens (tertiary/aromatic N) is 4. The number of hydrogen-bond acceptors (Lipinski definition) is 8. The van der Waals surface area contributed by atoms with Gasteiger partial charge < -0.3 is 25.8 Å². The second kappa shape index (κ2) is 4.64. The summed E-state index contributed by atoms with van der Waals surface area (Å²) in [6.07, 6.45) is 4.20. The molecule has 9 heteroatoms. The molecule has 21 heavy (non-hydrogen) atoms. The monoisotopic (exact) mass is 291 g/mol. The summed E-state index contributed by atoms with van der Waals surface area (Å²) in [5.41, 5.74) is 4.51. The molecule has 0 unspecified atom stereocenters. The van der Waals surface area contributed by atoms with E-state index < -0.39 is 30.6 Å². The molecule has 110 valence electrons. The van der Waals surface area contributed by atoms with Gasteiger partial charge in [0.1, 0.15) is 36.5 Å². The quantitative estimate of drug-likeness (QED) is 0.457. The van der Waals surface area contributed by atoms with Gasteiger partial charge in [0.15, 0.2) is 11.5 Å². The van der Waals surface area contributed by atoms with Crippen molar-refractivity contribution in [2.45, 2.75) is 24.0 Å². The highest BCUT2D eigenvalue weighted by atomic mass is 16.6. The SMILES string of the molecule is C#C[C@@]1(n2cnc3c(N)ncnc32)O[C@H](CO)[C@@H](O)[C@H]1O. The number of aliphatic hydroxyl groups is 3. The molecule has 5 N–H and O–H groups in total. The summed E-state index contributed by atoms with van der Waals surface area (Å²) in [5, 5.41) is 29.4. The van der Waals surface area contributed by atoms with Crippen LogP contribution >= 0.6 is 0 Å². The van der Waals surface area contributed by atoms with E-state index in [9.17, 15) is 15.3 Å². The van der Waals surface area contributed by atoms with Gasteiger partial charge in [-0.2, -0.15) is 0 Å². The van der Waals surface area contributed by atoms with E-state index in [2.05, 4.69) is 20.9 Å². The highest BCUT2D eigenvalue weighted by molar-refractivity contribution is 5.81. The normalized spacial score (nSPS) is 32.4. The van der Waals surface area contributed by atoms with Gasteiger partial charge in [-0.25, -0.2) is 15.0 Å². The van der Waals surface area contributed by atoms with Crippen molar-refractivity contribution in [3.8, 4) is 12.3 Å². The van der Waals surface area contributed by atoms with Crippen LogP contribution in [0, 0.1) is 12.3 Å². The number of nitrogens with two attached hydrogens (primary N) is 1. The molecule has 0 aliphatic carbocycles. The first kappa shape index (κ1) is 13.7. The van der Waals surface area contributed by atoms with E-state index in [-0.39, 0.29) is 11.5 Å². The first-order valence-electron chi connectivity index (χ1n) is 6.11. The summed E-state index contributed by atoms with van der Waals surface area (Å²) in [5.74, 6) is 2.46. The summed E-state index contributed by atoms with van der Waals surface area (Å²) >= 11 is 0. The van der Waals surface area contributed by atoms with Crippen LogP contribution in [0.2, 0.25) is 0 Å². The number of ether oxygens (including phenoxy) is 1. The number of terminal acetylenes is 1. The third-order valence-corrected chi connectivity index (χ3v) is 3.54. The van der Waals surface area contributed by atoms with Gasteiger partial charge in [-0.15, -0.1) is 6.42 Å². The highest BCUT2D eigenvalue weighted by Crippen LogP contribution is 2.37. The second-order valence-corrected chi connectivity index (χ2v) is 4.66. The van der Waals surface area contributed by atoms with Gasteiger partial charge in [-0.1, -0.05) is 0 Å². The minimum absolute atomic E-state index is 0.151. The summed E-state index contributed by atoms with van der Waals surface area (Å²) < 4.78 is 6.80. The number of fused-ring (bicyclic) bond motifs is 1. The van der Waals surface area contributed by atoms with Gasteiger partial charge in [0, 0.05) is 0 Å². The number of rotatable bonds is 2. The Bertz CT molecular complexity index is 726. The molecule has 3 rings (SSSR count). The molecule has 4 atom stereocenters. The van der Waals surface area contributed by atoms with Crippen LogP contribution in [0.25, 0.3) is 11.2 Å². The van der Waals surface area contributed by atoms with E-state index in [4.69, 9.17) is 16.9 Å². The van der Waals surface area contributed by atoms with Crippen LogP contribution in [0.4, 0.5) is 5.82 Å². The van der Waals surface area contributed by atoms with Crippen molar-refractivity contribution in [1.82, 2.24) is 19.5 Å². The molecule has 1 fully saturated rings. The molecule has 1 aliphatic heterocycles. The lowest BCUT2D eigenvalue weighted by Crippen LogP contribution is -2.44. The van der Waals surface area contributed by atoms with Crippen molar-refractivity contribution < 1.29 is 20.1 Å². The Morgan fingerprint density at radius 2 is 2.19 bits per heavy atom. The average molecular weight is 291 g/mol. The molecule has 1 saturated heterocycles. The van der Waals surface area contributed by atoms with Crippen LogP contribution in [0.3, 0.4) is 0 Å². The second-order valence-electron chi connectivity index (χ2n) is 4.66. The maximum Gasteiger partial charge on any atom is 0.240 e. The summed E-state index contributed by atoms with van der Waals surface area (Å²) in [7, 11) is 0. The van der Waals surface area contributed by atoms with Gasteiger partial charge in [0.2, 0.25) is 5.72 Å². The first-order chi connectivity index (χ1) is 10.0. The molecule has 0 aromatic carbocycles. The van der Waals surface area contributed by atoms with Gasteiger partial charge in [0.05, 0.1) is 6.61 Å².